The van der Waals surface area contributed by atoms with Crippen LogP contribution >= 0.6 is 0 Å². The molecule has 3 amide bonds. The molecule has 110 valence electrons. The maximum Gasteiger partial charge on any atom is 0.363 e. The van der Waals surface area contributed by atoms with Crippen LogP contribution in [-0.2, 0) is 9.63 Å². The maximum absolute atomic E-state index is 12.3. The van der Waals surface area contributed by atoms with E-state index in [-0.39, 0.29) is 12.0 Å². The Morgan fingerprint density at radius 1 is 1.14 bits per heavy atom. The number of carbonyl (C=O) groups is 3. The van der Waals surface area contributed by atoms with Crippen molar-refractivity contribution in [2.75, 3.05) is 0 Å². The topological polar surface area (TPSA) is 75.7 Å². The van der Waals surface area contributed by atoms with Crippen LogP contribution in [0.15, 0.2) is 30.3 Å². The third kappa shape index (κ3) is 2.61. The number of fused-ring (bicyclic) bond motifs is 1. The predicted octanol–water partition coefficient (Wildman–Crippen LogP) is 1.87. The first kappa shape index (κ1) is 13.6. The summed E-state index contributed by atoms with van der Waals surface area (Å²) in [6, 6.07) is 7.48. The zero-order valence-electron chi connectivity index (χ0n) is 11.5. The Hall–Kier alpha value is -2.37. The predicted molar refractivity (Wildman–Crippen MR) is 73.0 cm³/mol. The first-order valence-electron chi connectivity index (χ1n) is 7.08. The van der Waals surface area contributed by atoms with Crippen molar-refractivity contribution in [3.63, 3.8) is 0 Å². The Balaban J connectivity index is 1.74. The van der Waals surface area contributed by atoms with Gasteiger partial charge in [0.15, 0.2) is 0 Å². The summed E-state index contributed by atoms with van der Waals surface area (Å²) in [5.74, 6) is -1.43. The van der Waals surface area contributed by atoms with Crippen molar-refractivity contribution >= 4 is 17.9 Å². The highest BCUT2D eigenvalue weighted by atomic mass is 16.7. The summed E-state index contributed by atoms with van der Waals surface area (Å²) in [6.45, 7) is 0. The molecule has 1 aromatic rings. The third-order valence-electron chi connectivity index (χ3n) is 3.96. The van der Waals surface area contributed by atoms with Crippen molar-refractivity contribution in [1.82, 2.24) is 10.4 Å². The van der Waals surface area contributed by atoms with Crippen molar-refractivity contribution in [2.24, 2.45) is 5.92 Å². The number of hydrogen-bond donors (Lipinski definition) is 1. The Kier molecular flexibility index (Phi) is 3.60. The molecule has 0 unspecified atom stereocenters. The second-order valence-corrected chi connectivity index (χ2v) is 5.32. The molecule has 1 aromatic carbocycles. The molecule has 1 aliphatic heterocycles. The normalized spacial score (nSPS) is 25.0. The fourth-order valence-electron chi connectivity index (χ4n) is 2.86. The molecule has 1 saturated heterocycles. The second-order valence-electron chi connectivity index (χ2n) is 5.32. The number of rotatable bonds is 2. The van der Waals surface area contributed by atoms with Gasteiger partial charge in [0.25, 0.3) is 5.91 Å². The number of hydrogen-bond acceptors (Lipinski definition) is 4. The van der Waals surface area contributed by atoms with Crippen molar-refractivity contribution in [1.29, 1.82) is 0 Å². The Morgan fingerprint density at radius 3 is 2.62 bits per heavy atom. The molecule has 21 heavy (non-hydrogen) atoms. The van der Waals surface area contributed by atoms with Crippen LogP contribution < -0.4 is 5.32 Å². The van der Waals surface area contributed by atoms with Gasteiger partial charge in [0.05, 0.1) is 11.5 Å². The van der Waals surface area contributed by atoms with E-state index in [0.717, 1.165) is 19.3 Å². The van der Waals surface area contributed by atoms with E-state index < -0.39 is 17.9 Å². The zero-order valence-corrected chi connectivity index (χ0v) is 11.5. The lowest BCUT2D eigenvalue weighted by Crippen LogP contribution is -2.60. The molecule has 1 N–H and O–H groups in total. The number of hydroxylamine groups is 2. The minimum absolute atomic E-state index is 0.134. The molecule has 2 fully saturated rings. The van der Waals surface area contributed by atoms with E-state index in [9.17, 15) is 14.4 Å². The molecule has 2 aliphatic rings. The van der Waals surface area contributed by atoms with Gasteiger partial charge in [-0.15, -0.1) is 0 Å². The molecule has 0 bridgehead atoms. The van der Waals surface area contributed by atoms with E-state index in [1.165, 1.54) is 0 Å². The van der Waals surface area contributed by atoms with Crippen molar-refractivity contribution in [3.05, 3.63) is 35.9 Å². The summed E-state index contributed by atoms with van der Waals surface area (Å²) < 4.78 is 0. The lowest BCUT2D eigenvalue weighted by atomic mass is 9.83. The third-order valence-corrected chi connectivity index (χ3v) is 3.96. The van der Waals surface area contributed by atoms with Crippen LogP contribution in [0.3, 0.4) is 0 Å². The van der Waals surface area contributed by atoms with Crippen LogP contribution in [0.1, 0.15) is 36.0 Å². The van der Waals surface area contributed by atoms with Gasteiger partial charge in [0.1, 0.15) is 0 Å². The van der Waals surface area contributed by atoms with Crippen LogP contribution in [0.2, 0.25) is 0 Å². The summed E-state index contributed by atoms with van der Waals surface area (Å²) >= 11 is 0. The van der Waals surface area contributed by atoms with Gasteiger partial charge in [0, 0.05) is 6.04 Å². The Morgan fingerprint density at radius 2 is 1.86 bits per heavy atom. The summed E-state index contributed by atoms with van der Waals surface area (Å²) in [4.78, 5) is 41.2. The number of imide groups is 1. The van der Waals surface area contributed by atoms with E-state index >= 15 is 0 Å². The van der Waals surface area contributed by atoms with Crippen molar-refractivity contribution < 1.29 is 19.2 Å². The number of nitrogens with zero attached hydrogens (tertiary/aromatic N) is 1. The number of urea groups is 1. The minimum Gasteiger partial charge on any atom is -0.332 e. The van der Waals surface area contributed by atoms with Gasteiger partial charge in [-0.1, -0.05) is 36.1 Å². The number of carbonyl (C=O) groups excluding carboxylic acids is 3. The van der Waals surface area contributed by atoms with E-state index in [2.05, 4.69) is 5.32 Å². The summed E-state index contributed by atoms with van der Waals surface area (Å²) in [6.07, 6.45) is 3.45. The highest BCUT2D eigenvalue weighted by molar-refractivity contribution is 6.00. The first-order valence-corrected chi connectivity index (χ1v) is 7.08. The standard InChI is InChI=1S/C15H16N2O4/c18-13-11-8-4-5-9-12(11)16-15(20)17(13)21-14(19)10-6-2-1-3-7-10/h1-3,6-7,11-12H,4-5,8-9H2,(H,16,20)/t11-,12+/m1/s1. The summed E-state index contributed by atoms with van der Waals surface area (Å²) in [5.41, 5.74) is 0.295. The van der Waals surface area contributed by atoms with Gasteiger partial charge in [-0.05, 0) is 25.0 Å². The molecule has 0 spiro atoms. The number of benzene rings is 1. The van der Waals surface area contributed by atoms with Gasteiger partial charge in [-0.25, -0.2) is 9.59 Å². The fourth-order valence-corrected chi connectivity index (χ4v) is 2.86. The SMILES string of the molecule is O=C(ON1C(=O)N[C@H]2CCCC[C@H]2C1=O)c1ccccc1. The van der Waals surface area contributed by atoms with Crippen LogP contribution in [0.4, 0.5) is 4.79 Å². The Bertz CT molecular complexity index is 572. The fraction of sp³-hybridized carbons (Fsp3) is 0.400. The molecule has 6 heteroatoms. The molecule has 0 aromatic heterocycles. The lowest BCUT2D eigenvalue weighted by Gasteiger charge is -2.38. The Labute approximate surface area is 122 Å². The van der Waals surface area contributed by atoms with Gasteiger partial charge < -0.3 is 10.2 Å². The largest absolute Gasteiger partial charge is 0.363 e. The molecular formula is C15H16N2O4. The van der Waals surface area contributed by atoms with Crippen LogP contribution in [0, 0.1) is 5.92 Å². The monoisotopic (exact) mass is 288 g/mol. The smallest absolute Gasteiger partial charge is 0.332 e. The molecule has 6 nitrogen and oxygen atoms in total. The average Bonchev–Trinajstić information content (AvgIpc) is 2.52. The highest BCUT2D eigenvalue weighted by Crippen LogP contribution is 2.29. The van der Waals surface area contributed by atoms with Gasteiger partial charge in [-0.3, -0.25) is 4.79 Å². The minimum atomic E-state index is -0.714. The average molecular weight is 288 g/mol. The van der Waals surface area contributed by atoms with Crippen molar-refractivity contribution in [2.45, 2.75) is 31.7 Å². The molecule has 3 rings (SSSR count). The van der Waals surface area contributed by atoms with E-state index in [1.54, 1.807) is 30.3 Å². The van der Waals surface area contributed by atoms with Gasteiger partial charge in [0.2, 0.25) is 0 Å². The molecular weight excluding hydrogens is 272 g/mol. The van der Waals surface area contributed by atoms with E-state index in [4.69, 9.17) is 4.84 Å². The van der Waals surface area contributed by atoms with E-state index in [0.29, 0.717) is 17.0 Å². The molecule has 2 atom stereocenters. The van der Waals surface area contributed by atoms with Crippen LogP contribution in [0.25, 0.3) is 0 Å². The number of nitrogens with one attached hydrogen (secondary N) is 1. The highest BCUT2D eigenvalue weighted by Gasteiger charge is 2.44. The summed E-state index contributed by atoms with van der Waals surface area (Å²) in [7, 11) is 0. The quantitative estimate of drug-likeness (QED) is 0.901. The molecule has 1 heterocycles. The van der Waals surface area contributed by atoms with Gasteiger partial charge >= 0.3 is 12.0 Å². The lowest BCUT2D eigenvalue weighted by molar-refractivity contribution is -0.165. The number of amides is 3. The zero-order chi connectivity index (χ0) is 14.8. The van der Waals surface area contributed by atoms with Crippen molar-refractivity contribution in [3.8, 4) is 0 Å². The van der Waals surface area contributed by atoms with Crippen LogP contribution in [-0.4, -0.2) is 29.0 Å². The first-order chi connectivity index (χ1) is 10.2. The second kappa shape index (κ2) is 5.55. The van der Waals surface area contributed by atoms with Gasteiger partial charge in [-0.2, -0.15) is 0 Å². The maximum atomic E-state index is 12.3. The molecule has 1 aliphatic carbocycles. The van der Waals surface area contributed by atoms with E-state index in [1.807, 2.05) is 0 Å². The summed E-state index contributed by atoms with van der Waals surface area (Å²) in [5, 5.41) is 3.32. The molecule has 1 saturated carbocycles. The van der Waals surface area contributed by atoms with Crippen LogP contribution in [0.5, 0.6) is 0 Å². The molecule has 0 radical (unpaired) electrons.